The number of hydrogen-bond acceptors (Lipinski definition) is 2. The van der Waals surface area contributed by atoms with E-state index < -0.39 is 0 Å². The first-order valence-electron chi connectivity index (χ1n) is 16.4. The summed E-state index contributed by atoms with van der Waals surface area (Å²) in [5.41, 5.74) is 7.66. The maximum absolute atomic E-state index is 5.49. The minimum absolute atomic E-state index is 0.927. The first kappa shape index (κ1) is 26.7. The summed E-state index contributed by atoms with van der Waals surface area (Å²) in [6.07, 6.45) is 0. The summed E-state index contributed by atoms with van der Waals surface area (Å²) in [7, 11) is 0. The number of fused-ring (bicyclic) bond motifs is 4. The number of imidazole rings is 1. The molecule has 0 unspecified atom stereocenters. The van der Waals surface area contributed by atoms with Gasteiger partial charge in [-0.2, -0.15) is 0 Å². The molecule has 9 aromatic carbocycles. The average molecular weight is 612 g/mol. The number of para-hydroxylation sites is 2. The zero-order valence-electron chi connectivity index (χ0n) is 26.1. The van der Waals surface area contributed by atoms with Gasteiger partial charge in [-0.15, -0.1) is 0 Å². The van der Waals surface area contributed by atoms with Crippen molar-refractivity contribution in [2.45, 2.75) is 0 Å². The highest BCUT2D eigenvalue weighted by Crippen LogP contribution is 2.44. The van der Waals surface area contributed by atoms with Crippen molar-refractivity contribution in [2.75, 3.05) is 4.90 Å². The third kappa shape index (κ3) is 3.98. The number of anilines is 3. The zero-order valence-corrected chi connectivity index (χ0v) is 26.1. The van der Waals surface area contributed by atoms with Crippen LogP contribution in [0.1, 0.15) is 0 Å². The summed E-state index contributed by atoms with van der Waals surface area (Å²) in [5, 5.41) is 9.91. The Morgan fingerprint density at radius 2 is 0.979 bits per heavy atom. The molecular weight excluding hydrogens is 583 g/mol. The lowest BCUT2D eigenvalue weighted by molar-refractivity contribution is 1.11. The van der Waals surface area contributed by atoms with E-state index in [1.54, 1.807) is 0 Å². The van der Waals surface area contributed by atoms with Crippen LogP contribution in [0, 0.1) is 0 Å². The lowest BCUT2D eigenvalue weighted by Crippen LogP contribution is -2.10. The van der Waals surface area contributed by atoms with Crippen LogP contribution >= 0.6 is 0 Å². The van der Waals surface area contributed by atoms with E-state index in [0.29, 0.717) is 0 Å². The van der Waals surface area contributed by atoms with E-state index in [9.17, 15) is 0 Å². The second kappa shape index (κ2) is 10.5. The topological polar surface area (TPSA) is 21.1 Å². The van der Waals surface area contributed by atoms with E-state index in [0.717, 1.165) is 45.2 Å². The molecule has 1 heterocycles. The van der Waals surface area contributed by atoms with Gasteiger partial charge in [-0.05, 0) is 81.5 Å². The second-order valence-corrected chi connectivity index (χ2v) is 12.4. The van der Waals surface area contributed by atoms with Gasteiger partial charge < -0.3 is 4.90 Å². The summed E-state index contributed by atoms with van der Waals surface area (Å²) < 4.78 is 2.35. The quantitative estimate of drug-likeness (QED) is 0.181. The van der Waals surface area contributed by atoms with Crippen LogP contribution in [0.2, 0.25) is 0 Å². The molecule has 0 bridgehead atoms. The number of hydrogen-bond donors (Lipinski definition) is 0. The van der Waals surface area contributed by atoms with E-state index in [1.165, 1.54) is 43.1 Å². The second-order valence-electron chi connectivity index (χ2n) is 12.4. The Balaban J connectivity index is 1.23. The Labute approximate surface area is 277 Å². The van der Waals surface area contributed by atoms with E-state index >= 15 is 0 Å². The van der Waals surface area contributed by atoms with Gasteiger partial charge in [-0.1, -0.05) is 121 Å². The average Bonchev–Trinajstić information content (AvgIpc) is 3.57. The largest absolute Gasteiger partial charge is 0.310 e. The van der Waals surface area contributed by atoms with Crippen LogP contribution < -0.4 is 4.90 Å². The van der Waals surface area contributed by atoms with Crippen molar-refractivity contribution < 1.29 is 0 Å². The highest BCUT2D eigenvalue weighted by molar-refractivity contribution is 6.32. The van der Waals surface area contributed by atoms with Crippen LogP contribution in [0.25, 0.3) is 71.2 Å². The van der Waals surface area contributed by atoms with Crippen molar-refractivity contribution in [3.05, 3.63) is 176 Å². The molecule has 0 aliphatic heterocycles. The molecular formula is C45H29N3. The number of nitrogens with zero attached hydrogens (tertiary/aromatic N) is 3. The fourth-order valence-corrected chi connectivity index (χ4v) is 7.60. The standard InChI is InChI=1S/C45H29N3/c1-3-16-34(17-4-1)47(40-23-11-13-30-12-7-8-20-37(30)40)36-28-26-33(27-29-36)45-46-43-38-21-9-14-31-24-25-32-15-10-22-39(42(32)41(31)38)44(43)48(45)35-18-5-2-6-19-35/h1-29H. The highest BCUT2D eigenvalue weighted by atomic mass is 15.1. The molecule has 0 saturated carbocycles. The molecule has 0 radical (unpaired) electrons. The Morgan fingerprint density at radius 3 is 1.75 bits per heavy atom. The smallest absolute Gasteiger partial charge is 0.145 e. The Bertz CT molecular complexity index is 2760. The third-order valence-corrected chi connectivity index (χ3v) is 9.69. The molecule has 0 atom stereocenters. The highest BCUT2D eigenvalue weighted by Gasteiger charge is 2.22. The minimum atomic E-state index is 0.927. The molecule has 0 N–H and O–H groups in total. The predicted octanol–water partition coefficient (Wildman–Crippen LogP) is 12.2. The van der Waals surface area contributed by atoms with E-state index in [-0.39, 0.29) is 0 Å². The Morgan fingerprint density at radius 1 is 0.417 bits per heavy atom. The van der Waals surface area contributed by atoms with Gasteiger partial charge in [0.2, 0.25) is 0 Å². The maximum Gasteiger partial charge on any atom is 0.145 e. The molecule has 48 heavy (non-hydrogen) atoms. The molecule has 10 aromatic rings. The van der Waals surface area contributed by atoms with Crippen LogP contribution in [0.3, 0.4) is 0 Å². The first-order chi connectivity index (χ1) is 23.8. The Hall–Kier alpha value is -6.45. The molecule has 1 aromatic heterocycles. The van der Waals surface area contributed by atoms with E-state index in [2.05, 4.69) is 185 Å². The molecule has 10 rings (SSSR count). The summed E-state index contributed by atoms with van der Waals surface area (Å²) in [6, 6.07) is 63.0. The van der Waals surface area contributed by atoms with Gasteiger partial charge in [0.15, 0.2) is 0 Å². The van der Waals surface area contributed by atoms with Crippen molar-refractivity contribution in [1.29, 1.82) is 0 Å². The first-order valence-corrected chi connectivity index (χ1v) is 16.4. The van der Waals surface area contributed by atoms with Crippen molar-refractivity contribution in [3.63, 3.8) is 0 Å². The number of rotatable bonds is 5. The van der Waals surface area contributed by atoms with Crippen molar-refractivity contribution in [1.82, 2.24) is 9.55 Å². The molecule has 0 saturated heterocycles. The van der Waals surface area contributed by atoms with E-state index in [1.807, 2.05) is 0 Å². The molecule has 0 aliphatic rings. The number of aromatic nitrogens is 2. The molecule has 0 fully saturated rings. The van der Waals surface area contributed by atoms with Gasteiger partial charge in [-0.25, -0.2) is 4.98 Å². The van der Waals surface area contributed by atoms with Crippen LogP contribution in [0.4, 0.5) is 17.1 Å². The fourth-order valence-electron chi connectivity index (χ4n) is 7.60. The van der Waals surface area contributed by atoms with Crippen LogP contribution in [0.15, 0.2) is 176 Å². The van der Waals surface area contributed by atoms with Gasteiger partial charge in [0.05, 0.1) is 16.7 Å². The Kier molecular flexibility index (Phi) is 5.87. The number of benzene rings is 9. The van der Waals surface area contributed by atoms with E-state index in [4.69, 9.17) is 4.98 Å². The molecule has 3 nitrogen and oxygen atoms in total. The van der Waals surface area contributed by atoms with Gasteiger partial charge in [0.25, 0.3) is 0 Å². The SMILES string of the molecule is c1ccc(N(c2ccc(-c3nc4c5cccc6ccc7cccc(c7c65)c4n3-c3ccccc3)cc2)c2cccc3ccccc23)cc1. The summed E-state index contributed by atoms with van der Waals surface area (Å²) >= 11 is 0. The van der Waals surface area contributed by atoms with Crippen molar-refractivity contribution in [2.24, 2.45) is 0 Å². The summed E-state index contributed by atoms with van der Waals surface area (Å²) in [5.74, 6) is 0.927. The predicted molar refractivity (Wildman–Crippen MR) is 202 cm³/mol. The normalized spacial score (nSPS) is 11.8. The fraction of sp³-hybridized carbons (Fsp3) is 0. The van der Waals surface area contributed by atoms with Crippen LogP contribution in [-0.2, 0) is 0 Å². The van der Waals surface area contributed by atoms with Gasteiger partial charge in [0.1, 0.15) is 5.82 Å². The summed E-state index contributed by atoms with van der Waals surface area (Å²) in [4.78, 5) is 7.84. The van der Waals surface area contributed by atoms with Gasteiger partial charge in [-0.3, -0.25) is 4.57 Å². The monoisotopic (exact) mass is 611 g/mol. The molecule has 0 spiro atoms. The van der Waals surface area contributed by atoms with Crippen LogP contribution in [-0.4, -0.2) is 9.55 Å². The van der Waals surface area contributed by atoms with Crippen molar-refractivity contribution in [3.8, 4) is 17.1 Å². The minimum Gasteiger partial charge on any atom is -0.310 e. The molecule has 0 aliphatic carbocycles. The molecule has 3 heteroatoms. The zero-order chi connectivity index (χ0) is 31.6. The lowest BCUT2D eigenvalue weighted by Gasteiger charge is -2.27. The van der Waals surface area contributed by atoms with Gasteiger partial charge in [0, 0.05) is 38.8 Å². The molecule has 224 valence electrons. The third-order valence-electron chi connectivity index (χ3n) is 9.69. The maximum atomic E-state index is 5.49. The van der Waals surface area contributed by atoms with Crippen LogP contribution in [0.5, 0.6) is 0 Å². The molecule has 0 amide bonds. The van der Waals surface area contributed by atoms with Gasteiger partial charge >= 0.3 is 0 Å². The van der Waals surface area contributed by atoms with Crippen molar-refractivity contribution >= 4 is 71.2 Å². The lowest BCUT2D eigenvalue weighted by atomic mass is 9.93. The summed E-state index contributed by atoms with van der Waals surface area (Å²) in [6.45, 7) is 0.